The molecule has 0 saturated carbocycles. The highest BCUT2D eigenvalue weighted by Gasteiger charge is 2.43. The van der Waals surface area contributed by atoms with E-state index in [0.717, 1.165) is 5.69 Å². The second-order valence-corrected chi connectivity index (χ2v) is 7.60. The zero-order valence-electron chi connectivity index (χ0n) is 16.1. The first-order valence-electron chi connectivity index (χ1n) is 8.90. The second-order valence-electron chi connectivity index (χ2n) is 7.60. The van der Waals surface area contributed by atoms with Crippen molar-refractivity contribution in [1.29, 1.82) is 0 Å². The lowest BCUT2D eigenvalue weighted by molar-refractivity contribution is -0.400. The van der Waals surface area contributed by atoms with Crippen molar-refractivity contribution in [3.63, 3.8) is 0 Å². The van der Waals surface area contributed by atoms with Gasteiger partial charge in [-0.2, -0.15) is 9.68 Å². The Morgan fingerprint density at radius 1 is 1.04 bits per heavy atom. The third-order valence-corrected chi connectivity index (χ3v) is 5.23. The van der Waals surface area contributed by atoms with Crippen LogP contribution in [0.15, 0.2) is 53.6 Å². The number of rotatable bonds is 4. The molecule has 0 amide bonds. The molecule has 0 N–H and O–H groups in total. The summed E-state index contributed by atoms with van der Waals surface area (Å²) in [5.74, 6) is 0.546. The van der Waals surface area contributed by atoms with E-state index in [4.69, 9.17) is 5.10 Å². The predicted molar refractivity (Wildman–Crippen MR) is 108 cm³/mol. The van der Waals surface area contributed by atoms with Gasteiger partial charge in [-0.3, -0.25) is 5.01 Å². The van der Waals surface area contributed by atoms with Gasteiger partial charge in [0, 0.05) is 18.7 Å². The van der Waals surface area contributed by atoms with Crippen LogP contribution in [0, 0.1) is 0 Å². The average molecular weight is 334 g/mol. The molecule has 130 valence electrons. The van der Waals surface area contributed by atoms with Gasteiger partial charge in [0.15, 0.2) is 0 Å². The van der Waals surface area contributed by atoms with Crippen LogP contribution in [-0.4, -0.2) is 30.6 Å². The summed E-state index contributed by atoms with van der Waals surface area (Å²) in [7, 11) is 4.11. The van der Waals surface area contributed by atoms with Gasteiger partial charge in [-0.15, -0.1) is 0 Å². The van der Waals surface area contributed by atoms with Gasteiger partial charge in [0.05, 0.1) is 11.1 Å². The molecule has 0 bridgehead atoms. The lowest BCUT2D eigenvalue weighted by Crippen LogP contribution is -2.30. The lowest BCUT2D eigenvalue weighted by atomic mass is 9.82. The van der Waals surface area contributed by atoms with Crippen molar-refractivity contribution in [3.05, 3.63) is 59.7 Å². The number of anilines is 1. The van der Waals surface area contributed by atoms with Crippen LogP contribution in [0.5, 0.6) is 0 Å². The summed E-state index contributed by atoms with van der Waals surface area (Å²) in [4.78, 5) is 0. The molecular formula is C22H28N3+. The van der Waals surface area contributed by atoms with E-state index in [9.17, 15) is 0 Å². The van der Waals surface area contributed by atoms with Crippen LogP contribution in [-0.2, 0) is 5.41 Å². The Hall–Kier alpha value is -2.42. The Balaban J connectivity index is 1.85. The highest BCUT2D eigenvalue weighted by Crippen LogP contribution is 2.38. The first-order valence-corrected chi connectivity index (χ1v) is 8.90. The van der Waals surface area contributed by atoms with E-state index in [1.54, 1.807) is 0 Å². The molecule has 0 unspecified atom stereocenters. The fraction of sp³-hybridized carbons (Fsp3) is 0.364. The fourth-order valence-corrected chi connectivity index (χ4v) is 3.51. The molecule has 3 heteroatoms. The van der Waals surface area contributed by atoms with Gasteiger partial charge in [-0.1, -0.05) is 44.2 Å². The van der Waals surface area contributed by atoms with Gasteiger partial charge in [0.25, 0.3) is 0 Å². The summed E-state index contributed by atoms with van der Waals surface area (Å²) in [6, 6.07) is 17.2. The van der Waals surface area contributed by atoms with Gasteiger partial charge in [-0.25, -0.2) is 0 Å². The van der Waals surface area contributed by atoms with Gasteiger partial charge in [-0.05, 0) is 37.5 Å². The smallest absolute Gasteiger partial charge is 0.212 e. The zero-order valence-corrected chi connectivity index (χ0v) is 16.1. The van der Waals surface area contributed by atoms with Crippen molar-refractivity contribution in [2.75, 3.05) is 19.1 Å². The molecule has 25 heavy (non-hydrogen) atoms. The molecular weight excluding hydrogens is 306 g/mol. The molecule has 0 aromatic heterocycles. The van der Waals surface area contributed by atoms with Gasteiger partial charge in [0.1, 0.15) is 13.3 Å². The maximum atomic E-state index is 4.71. The summed E-state index contributed by atoms with van der Waals surface area (Å²) in [6.45, 7) is 8.94. The van der Waals surface area contributed by atoms with Crippen LogP contribution in [0.25, 0.3) is 0 Å². The van der Waals surface area contributed by atoms with Crippen molar-refractivity contribution in [2.24, 2.45) is 5.10 Å². The molecule has 2 aromatic rings. The van der Waals surface area contributed by atoms with E-state index in [-0.39, 0.29) is 5.41 Å². The van der Waals surface area contributed by atoms with E-state index in [1.807, 2.05) is 18.3 Å². The summed E-state index contributed by atoms with van der Waals surface area (Å²) in [6.07, 6.45) is 2.00. The Bertz CT molecular complexity index is 827. The van der Waals surface area contributed by atoms with Crippen molar-refractivity contribution in [1.82, 2.24) is 0 Å². The summed E-state index contributed by atoms with van der Waals surface area (Å²) < 4.78 is 2.24. The molecule has 1 heterocycles. The topological polar surface area (TPSA) is 18.6 Å². The van der Waals surface area contributed by atoms with Crippen molar-refractivity contribution >= 4 is 23.3 Å². The van der Waals surface area contributed by atoms with E-state index in [2.05, 4.69) is 87.8 Å². The molecule has 1 aliphatic rings. The molecule has 0 radical (unpaired) electrons. The van der Waals surface area contributed by atoms with Gasteiger partial charge in [0.2, 0.25) is 11.4 Å². The third-order valence-electron chi connectivity index (χ3n) is 5.23. The number of benzene rings is 2. The predicted octanol–water partition coefficient (Wildman–Crippen LogP) is 4.94. The van der Waals surface area contributed by atoms with Crippen molar-refractivity contribution in [2.45, 2.75) is 39.0 Å². The van der Waals surface area contributed by atoms with Gasteiger partial charge < -0.3 is 0 Å². The Kier molecular flexibility index (Phi) is 4.51. The molecule has 0 spiro atoms. The Labute approximate surface area is 151 Å². The van der Waals surface area contributed by atoms with Crippen LogP contribution >= 0.6 is 0 Å². The minimum absolute atomic E-state index is 0.0445. The van der Waals surface area contributed by atoms with E-state index >= 15 is 0 Å². The largest absolute Gasteiger partial charge is 0.268 e. The van der Waals surface area contributed by atoms with Crippen LogP contribution in [0.3, 0.4) is 0 Å². The highest BCUT2D eigenvalue weighted by molar-refractivity contribution is 6.33. The highest BCUT2D eigenvalue weighted by atomic mass is 15.4. The Morgan fingerprint density at radius 3 is 2.28 bits per heavy atom. The van der Waals surface area contributed by atoms with Crippen LogP contribution < -0.4 is 5.01 Å². The Morgan fingerprint density at radius 2 is 1.68 bits per heavy atom. The number of hydrazone groups is 1. The normalized spacial score (nSPS) is 16.0. The number of hydrogen-bond acceptors (Lipinski definition) is 2. The van der Waals surface area contributed by atoms with Crippen LogP contribution in [0.1, 0.15) is 44.7 Å². The molecule has 3 rings (SSSR count). The number of hydrogen-bond donors (Lipinski definition) is 0. The zero-order chi connectivity index (χ0) is 18.2. The monoisotopic (exact) mass is 334 g/mol. The number of para-hydroxylation sites is 1. The maximum absolute atomic E-state index is 4.71. The molecule has 1 aliphatic heterocycles. The van der Waals surface area contributed by atoms with E-state index in [0.29, 0.717) is 5.92 Å². The van der Waals surface area contributed by atoms with E-state index < -0.39 is 0 Å². The average Bonchev–Trinajstić information content (AvgIpc) is 2.80. The number of nitrogens with zero attached hydrogens (tertiary/aromatic N) is 3. The quantitative estimate of drug-likeness (QED) is 0.440. The molecule has 3 nitrogen and oxygen atoms in total. The molecule has 0 atom stereocenters. The lowest BCUT2D eigenvalue weighted by Gasteiger charge is -2.17. The summed E-state index contributed by atoms with van der Waals surface area (Å²) in [5.41, 5.74) is 6.22. The summed E-state index contributed by atoms with van der Waals surface area (Å²) >= 11 is 0. The molecule has 0 fully saturated rings. The minimum atomic E-state index is -0.0445. The maximum Gasteiger partial charge on any atom is 0.212 e. The van der Waals surface area contributed by atoms with Crippen molar-refractivity contribution in [3.8, 4) is 0 Å². The van der Waals surface area contributed by atoms with Crippen molar-refractivity contribution < 1.29 is 4.58 Å². The fourth-order valence-electron chi connectivity index (χ4n) is 3.51. The van der Waals surface area contributed by atoms with Crippen LogP contribution in [0.4, 0.5) is 11.4 Å². The van der Waals surface area contributed by atoms with Gasteiger partial charge >= 0.3 is 0 Å². The number of fused-ring (bicyclic) bond motifs is 1. The first kappa shape index (κ1) is 17.4. The second kappa shape index (κ2) is 6.47. The first-order chi connectivity index (χ1) is 11.8. The van der Waals surface area contributed by atoms with Crippen LogP contribution in [0.2, 0.25) is 0 Å². The minimum Gasteiger partial charge on any atom is -0.268 e. The SMILES string of the molecule is CC(C)c1ccc(N(C)/N=C/C2=[N+](C)c3ccccc3C2(C)C)cc1. The summed E-state index contributed by atoms with van der Waals surface area (Å²) in [5, 5.41) is 6.64. The molecule has 0 aliphatic carbocycles. The standard InChI is InChI=1S/C22H28N3/c1-16(2)17-11-13-18(14-12-17)25(6)23-15-21-22(3,4)19-9-7-8-10-20(19)24(21)5/h7-16H,1-6H3/q+1. The molecule has 0 saturated heterocycles. The molecule has 2 aromatic carbocycles. The third kappa shape index (κ3) is 3.11. The van der Waals surface area contributed by atoms with E-state index in [1.165, 1.54) is 22.5 Å².